The molecule has 3 aromatic carbocycles. The number of Topliss-reactive ketones (excluding diaryl/α,β-unsaturated/α-hetero) is 1. The summed E-state index contributed by atoms with van der Waals surface area (Å²) in [6, 6.07) is 24.9. The summed E-state index contributed by atoms with van der Waals surface area (Å²) in [5.41, 5.74) is 2.68. The summed E-state index contributed by atoms with van der Waals surface area (Å²) in [5, 5.41) is 0. The lowest BCUT2D eigenvalue weighted by Crippen LogP contribution is -2.48. The van der Waals surface area contributed by atoms with E-state index in [2.05, 4.69) is 0 Å². The molecule has 0 N–H and O–H groups in total. The Labute approximate surface area is 184 Å². The predicted molar refractivity (Wildman–Crippen MR) is 122 cm³/mol. The van der Waals surface area contributed by atoms with E-state index in [1.807, 2.05) is 86.6 Å². The number of benzene rings is 3. The molecule has 0 amide bonds. The largest absolute Gasteiger partial charge is 0.299 e. The minimum absolute atomic E-state index is 0.112. The van der Waals surface area contributed by atoms with E-state index in [1.54, 1.807) is 16.4 Å². The van der Waals surface area contributed by atoms with Crippen molar-refractivity contribution in [2.45, 2.75) is 43.7 Å². The first-order valence-corrected chi connectivity index (χ1v) is 12.1. The summed E-state index contributed by atoms with van der Waals surface area (Å²) in [5.74, 6) is -0.275. The van der Waals surface area contributed by atoms with Gasteiger partial charge in [0.1, 0.15) is 5.78 Å². The second kappa shape index (κ2) is 8.77. The van der Waals surface area contributed by atoms with Gasteiger partial charge in [0.05, 0.1) is 17.0 Å². The molecule has 3 atom stereocenters. The lowest BCUT2D eigenvalue weighted by atomic mass is 9.79. The normalized spacial score (nSPS) is 22.4. The van der Waals surface area contributed by atoms with Gasteiger partial charge in [0.2, 0.25) is 10.0 Å². The molecule has 0 unspecified atom stereocenters. The average molecular weight is 434 g/mol. The summed E-state index contributed by atoms with van der Waals surface area (Å²) in [4.78, 5) is 13.5. The molecule has 31 heavy (non-hydrogen) atoms. The molecule has 160 valence electrons. The van der Waals surface area contributed by atoms with Crippen molar-refractivity contribution in [1.29, 1.82) is 0 Å². The third kappa shape index (κ3) is 4.08. The van der Waals surface area contributed by atoms with Crippen molar-refractivity contribution >= 4 is 15.8 Å². The lowest BCUT2D eigenvalue weighted by molar-refractivity contribution is -0.129. The lowest BCUT2D eigenvalue weighted by Gasteiger charge is -2.44. The van der Waals surface area contributed by atoms with Crippen LogP contribution in [0.4, 0.5) is 0 Å². The van der Waals surface area contributed by atoms with E-state index in [9.17, 15) is 13.2 Å². The van der Waals surface area contributed by atoms with Crippen LogP contribution in [0.3, 0.4) is 0 Å². The first kappa shape index (κ1) is 21.5. The minimum atomic E-state index is -3.86. The predicted octanol–water partition coefficient (Wildman–Crippen LogP) is 5.47. The molecule has 1 saturated heterocycles. The third-order valence-corrected chi connectivity index (χ3v) is 8.04. The standard InChI is InChI=1S/C26H27NO3S/c1-3-23-25(28)18-24(20-10-6-4-7-11-20)27(26(23)21-12-8-5-9-13-21)31(29,30)22-16-14-19(2)15-17-22/h4-17,23-24,26H,3,18H2,1-2H3/t23-,24+,26+/m1/s1. The molecule has 1 aliphatic rings. The first-order valence-electron chi connectivity index (χ1n) is 10.7. The van der Waals surface area contributed by atoms with Gasteiger partial charge in [-0.3, -0.25) is 4.79 Å². The van der Waals surface area contributed by atoms with Crippen LogP contribution in [0.1, 0.15) is 48.5 Å². The van der Waals surface area contributed by atoms with E-state index >= 15 is 0 Å². The maximum atomic E-state index is 14.0. The summed E-state index contributed by atoms with van der Waals surface area (Å²) < 4.78 is 29.7. The summed E-state index contributed by atoms with van der Waals surface area (Å²) >= 11 is 0. The molecular formula is C26H27NO3S. The molecule has 0 radical (unpaired) electrons. The molecule has 3 aromatic rings. The van der Waals surface area contributed by atoms with Crippen LogP contribution in [0.5, 0.6) is 0 Å². The number of hydrogen-bond acceptors (Lipinski definition) is 3. The van der Waals surface area contributed by atoms with Crippen LogP contribution < -0.4 is 0 Å². The number of carbonyl (C=O) groups is 1. The zero-order valence-electron chi connectivity index (χ0n) is 17.8. The molecule has 1 heterocycles. The fourth-order valence-electron chi connectivity index (χ4n) is 4.55. The van der Waals surface area contributed by atoms with Crippen molar-refractivity contribution in [3.63, 3.8) is 0 Å². The Bertz CT molecular complexity index is 1140. The topological polar surface area (TPSA) is 54.5 Å². The van der Waals surface area contributed by atoms with Crippen molar-refractivity contribution in [1.82, 2.24) is 4.31 Å². The van der Waals surface area contributed by atoms with E-state index in [4.69, 9.17) is 0 Å². The molecular weight excluding hydrogens is 406 g/mol. The minimum Gasteiger partial charge on any atom is -0.299 e. The Kier molecular flexibility index (Phi) is 6.08. The summed E-state index contributed by atoms with van der Waals surface area (Å²) in [6.45, 7) is 3.89. The molecule has 1 fully saturated rings. The second-order valence-corrected chi connectivity index (χ2v) is 9.96. The van der Waals surface area contributed by atoms with E-state index in [0.29, 0.717) is 6.42 Å². The highest BCUT2D eigenvalue weighted by Gasteiger charge is 2.48. The van der Waals surface area contributed by atoms with Crippen LogP contribution in [-0.2, 0) is 14.8 Å². The van der Waals surface area contributed by atoms with Crippen LogP contribution in [0.2, 0.25) is 0 Å². The fourth-order valence-corrected chi connectivity index (χ4v) is 6.37. The monoisotopic (exact) mass is 433 g/mol. The van der Waals surface area contributed by atoms with E-state index in [1.165, 1.54) is 0 Å². The highest BCUT2D eigenvalue weighted by molar-refractivity contribution is 7.89. The number of carbonyl (C=O) groups excluding carboxylic acids is 1. The molecule has 4 nitrogen and oxygen atoms in total. The van der Waals surface area contributed by atoms with Gasteiger partial charge in [0, 0.05) is 12.3 Å². The molecule has 0 aromatic heterocycles. The second-order valence-electron chi connectivity index (χ2n) is 8.12. The number of ketones is 1. The Hall–Kier alpha value is -2.76. The van der Waals surface area contributed by atoms with E-state index < -0.39 is 22.1 Å². The van der Waals surface area contributed by atoms with Crippen LogP contribution in [-0.4, -0.2) is 18.5 Å². The summed E-state index contributed by atoms with van der Waals surface area (Å²) in [6.07, 6.45) is 0.761. The molecule has 4 rings (SSSR count). The SMILES string of the molecule is CC[C@@H]1C(=O)C[C@@H](c2ccccc2)N(S(=O)(=O)c2ccc(C)cc2)[C@H]1c1ccccc1. The van der Waals surface area contributed by atoms with Gasteiger partial charge < -0.3 is 0 Å². The Balaban J connectivity index is 1.94. The molecule has 0 bridgehead atoms. The van der Waals surface area contributed by atoms with Crippen LogP contribution >= 0.6 is 0 Å². The summed E-state index contributed by atoms with van der Waals surface area (Å²) in [7, 11) is -3.86. The molecule has 0 saturated carbocycles. The third-order valence-electron chi connectivity index (χ3n) is 6.13. The van der Waals surface area contributed by atoms with Crippen molar-refractivity contribution in [2.75, 3.05) is 0 Å². The number of rotatable bonds is 5. The molecule has 0 aliphatic carbocycles. The van der Waals surface area contributed by atoms with Gasteiger partial charge in [0.25, 0.3) is 0 Å². The average Bonchev–Trinajstić information content (AvgIpc) is 2.79. The number of hydrogen-bond donors (Lipinski definition) is 0. The van der Waals surface area contributed by atoms with Gasteiger partial charge in [-0.25, -0.2) is 8.42 Å². The Morgan fingerprint density at radius 2 is 1.39 bits per heavy atom. The van der Waals surface area contributed by atoms with Gasteiger partial charge in [-0.05, 0) is 36.6 Å². The van der Waals surface area contributed by atoms with Gasteiger partial charge >= 0.3 is 0 Å². The Morgan fingerprint density at radius 1 is 0.839 bits per heavy atom. The fraction of sp³-hybridized carbons (Fsp3) is 0.269. The Morgan fingerprint density at radius 3 is 1.94 bits per heavy atom. The van der Waals surface area contributed by atoms with E-state index in [0.717, 1.165) is 16.7 Å². The number of aryl methyl sites for hydroxylation is 1. The van der Waals surface area contributed by atoms with Gasteiger partial charge in [0.15, 0.2) is 0 Å². The molecule has 0 spiro atoms. The smallest absolute Gasteiger partial charge is 0.244 e. The number of nitrogens with zero attached hydrogens (tertiary/aromatic N) is 1. The zero-order chi connectivity index (χ0) is 22.0. The highest BCUT2D eigenvalue weighted by Crippen LogP contribution is 2.47. The van der Waals surface area contributed by atoms with Crippen molar-refractivity contribution in [3.05, 3.63) is 102 Å². The number of piperidine rings is 1. The first-order chi connectivity index (χ1) is 14.9. The van der Waals surface area contributed by atoms with Crippen LogP contribution in [0, 0.1) is 12.8 Å². The van der Waals surface area contributed by atoms with E-state index in [-0.39, 0.29) is 23.0 Å². The maximum Gasteiger partial charge on any atom is 0.244 e. The van der Waals surface area contributed by atoms with Crippen molar-refractivity contribution < 1.29 is 13.2 Å². The van der Waals surface area contributed by atoms with Gasteiger partial charge in [-0.15, -0.1) is 0 Å². The maximum absolute atomic E-state index is 14.0. The van der Waals surface area contributed by atoms with Crippen molar-refractivity contribution in [2.24, 2.45) is 5.92 Å². The quantitative estimate of drug-likeness (QED) is 0.536. The molecule has 5 heteroatoms. The van der Waals surface area contributed by atoms with Crippen molar-refractivity contribution in [3.8, 4) is 0 Å². The number of sulfonamides is 1. The highest BCUT2D eigenvalue weighted by atomic mass is 32.2. The van der Waals surface area contributed by atoms with Gasteiger partial charge in [-0.2, -0.15) is 4.31 Å². The molecule has 1 aliphatic heterocycles. The van der Waals surface area contributed by atoms with Gasteiger partial charge in [-0.1, -0.05) is 85.3 Å². The van der Waals surface area contributed by atoms with Crippen LogP contribution in [0.25, 0.3) is 0 Å². The van der Waals surface area contributed by atoms with Crippen LogP contribution in [0.15, 0.2) is 89.8 Å². The zero-order valence-corrected chi connectivity index (χ0v) is 18.6.